The smallest absolute Gasteiger partial charge is 0.364 e. The van der Waals surface area contributed by atoms with E-state index >= 15 is 0 Å². The summed E-state index contributed by atoms with van der Waals surface area (Å²) in [5.41, 5.74) is -5.27. The minimum atomic E-state index is -4.60. The molecule has 0 radical (unpaired) electrons. The van der Waals surface area contributed by atoms with E-state index in [4.69, 9.17) is 27.9 Å². The quantitative estimate of drug-likeness (QED) is 0.358. The third-order valence-corrected chi connectivity index (χ3v) is 4.53. The van der Waals surface area contributed by atoms with Crippen molar-refractivity contribution in [3.05, 3.63) is 52.0 Å². The molecule has 2 aromatic rings. The lowest BCUT2D eigenvalue weighted by Gasteiger charge is -2.21. The molecule has 0 aliphatic carbocycles. The number of carbonyl (C=O) groups is 2. The third kappa shape index (κ3) is 6.20. The van der Waals surface area contributed by atoms with Gasteiger partial charge < -0.3 is 10.1 Å². The van der Waals surface area contributed by atoms with Crippen molar-refractivity contribution in [3.63, 3.8) is 0 Å². The lowest BCUT2D eigenvalue weighted by molar-refractivity contribution is -0.0328. The summed E-state index contributed by atoms with van der Waals surface area (Å²) in [5, 5.41) is 1.84. The van der Waals surface area contributed by atoms with Gasteiger partial charge in [-0.15, -0.1) is 0 Å². The molecule has 1 aromatic carbocycles. The molecule has 0 saturated carbocycles. The number of carbonyl (C=O) groups excluding carboxylic acids is 2. The number of benzene rings is 1. The number of nitrogens with one attached hydrogen (secondary N) is 1. The monoisotopic (exact) mass is 471 g/mol. The highest BCUT2D eigenvalue weighted by molar-refractivity contribution is 8.00. The van der Waals surface area contributed by atoms with Gasteiger partial charge in [0, 0.05) is 24.4 Å². The summed E-state index contributed by atoms with van der Waals surface area (Å²) in [6.45, 7) is -0.538. The van der Waals surface area contributed by atoms with Crippen LogP contribution in [0.2, 0.25) is 10.0 Å². The summed E-state index contributed by atoms with van der Waals surface area (Å²) in [7, 11) is 1.20. The van der Waals surface area contributed by atoms with Crippen molar-refractivity contribution in [1.82, 2.24) is 9.88 Å². The first-order valence-corrected chi connectivity index (χ1v) is 9.06. The van der Waals surface area contributed by atoms with Gasteiger partial charge in [-0.2, -0.15) is 13.2 Å². The van der Waals surface area contributed by atoms with Gasteiger partial charge in [0.15, 0.2) is 0 Å². The molecular formula is C16H11Cl2F4N3O3S. The average molecular weight is 472 g/mol. The van der Waals surface area contributed by atoms with Crippen molar-refractivity contribution in [2.75, 3.05) is 19.2 Å². The Kier molecular flexibility index (Phi) is 7.69. The molecule has 156 valence electrons. The topological polar surface area (TPSA) is 71.5 Å². The molecule has 1 heterocycles. The normalized spacial score (nSPS) is 11.3. The van der Waals surface area contributed by atoms with E-state index in [2.05, 4.69) is 10.3 Å². The maximum atomic E-state index is 14.1. The average Bonchev–Trinajstić information content (AvgIpc) is 2.60. The van der Waals surface area contributed by atoms with Crippen molar-refractivity contribution in [2.24, 2.45) is 0 Å². The Morgan fingerprint density at radius 3 is 2.38 bits per heavy atom. The number of aromatic nitrogens is 1. The molecule has 2 rings (SSSR count). The third-order valence-electron chi connectivity index (χ3n) is 3.23. The summed E-state index contributed by atoms with van der Waals surface area (Å²) in [4.78, 5) is 29.0. The fraction of sp³-hybridized carbons (Fsp3) is 0.188. The van der Waals surface area contributed by atoms with Crippen LogP contribution in [0.5, 0.6) is 0 Å². The van der Waals surface area contributed by atoms with E-state index in [1.807, 2.05) is 0 Å². The molecule has 29 heavy (non-hydrogen) atoms. The second kappa shape index (κ2) is 9.61. The molecule has 0 spiro atoms. The number of hydrogen-bond acceptors (Lipinski definition) is 5. The van der Waals surface area contributed by atoms with Crippen molar-refractivity contribution in [3.8, 4) is 0 Å². The number of halogens is 6. The number of alkyl halides is 3. The molecular weight excluding hydrogens is 461 g/mol. The number of urea groups is 1. The Bertz CT molecular complexity index is 911. The maximum Gasteiger partial charge on any atom is 0.446 e. The fourth-order valence-corrected chi connectivity index (χ4v) is 3.16. The van der Waals surface area contributed by atoms with Gasteiger partial charge in [0.25, 0.3) is 5.91 Å². The minimum absolute atomic E-state index is 0.129. The van der Waals surface area contributed by atoms with Crippen LogP contribution >= 0.6 is 35.0 Å². The Morgan fingerprint density at radius 2 is 1.86 bits per heavy atom. The van der Waals surface area contributed by atoms with Crippen LogP contribution in [0.25, 0.3) is 0 Å². The molecule has 1 N–H and O–H groups in total. The van der Waals surface area contributed by atoms with Gasteiger partial charge in [-0.3, -0.25) is 9.78 Å². The van der Waals surface area contributed by atoms with Crippen LogP contribution in [0, 0.1) is 5.82 Å². The van der Waals surface area contributed by atoms with Gasteiger partial charge in [0.1, 0.15) is 12.5 Å². The number of ether oxygens (including phenoxy) is 1. The van der Waals surface area contributed by atoms with Gasteiger partial charge in [0.05, 0.1) is 21.3 Å². The van der Waals surface area contributed by atoms with E-state index in [9.17, 15) is 27.2 Å². The molecule has 1 aromatic heterocycles. The summed E-state index contributed by atoms with van der Waals surface area (Å²) in [6, 6.07) is 1.39. The molecule has 0 unspecified atom stereocenters. The zero-order valence-corrected chi connectivity index (χ0v) is 16.7. The number of imide groups is 1. The Labute approximate surface area is 176 Å². The Morgan fingerprint density at radius 1 is 1.24 bits per heavy atom. The lowest BCUT2D eigenvalue weighted by Crippen LogP contribution is -2.41. The highest BCUT2D eigenvalue weighted by Gasteiger charge is 2.30. The Balaban J connectivity index is 2.25. The number of thioether (sulfide) groups is 1. The molecule has 0 bridgehead atoms. The molecule has 0 atom stereocenters. The molecule has 0 aliphatic rings. The van der Waals surface area contributed by atoms with Crippen LogP contribution in [-0.2, 0) is 4.74 Å². The maximum absolute atomic E-state index is 14.1. The summed E-state index contributed by atoms with van der Waals surface area (Å²) in [5.74, 6) is -2.08. The molecule has 13 heteroatoms. The summed E-state index contributed by atoms with van der Waals surface area (Å²) < 4.78 is 56.0. The van der Waals surface area contributed by atoms with E-state index in [-0.39, 0.29) is 15.6 Å². The predicted molar refractivity (Wildman–Crippen MR) is 99.6 cm³/mol. The van der Waals surface area contributed by atoms with E-state index < -0.39 is 52.3 Å². The number of amides is 3. The second-order valence-corrected chi connectivity index (χ2v) is 7.20. The predicted octanol–water partition coefficient (Wildman–Crippen LogP) is 5.42. The van der Waals surface area contributed by atoms with Gasteiger partial charge in [-0.05, 0) is 30.0 Å². The first-order chi connectivity index (χ1) is 13.5. The van der Waals surface area contributed by atoms with E-state index in [1.165, 1.54) is 7.11 Å². The SMILES string of the molecule is COCN(C(=O)Nc1ccc(SC(F)(F)F)cc1F)C(=O)c1c(Cl)cncc1Cl. The standard InChI is InChI=1S/C16H11Cl2F4N3O3S/c1-28-7-25(14(26)13-9(17)5-23-6-10(13)18)15(27)24-12-3-2-8(4-11(12)19)29-16(20,21)22/h2-6H,7H2,1H3,(H,24,27). The molecule has 6 nitrogen and oxygen atoms in total. The van der Waals surface area contributed by atoms with Gasteiger partial charge in [-0.1, -0.05) is 23.2 Å². The Hall–Kier alpha value is -2.08. The second-order valence-electron chi connectivity index (χ2n) is 5.25. The molecule has 3 amide bonds. The number of hydrogen-bond donors (Lipinski definition) is 1. The first-order valence-electron chi connectivity index (χ1n) is 7.49. The number of methoxy groups -OCH3 is 1. The van der Waals surface area contributed by atoms with Gasteiger partial charge in [0.2, 0.25) is 0 Å². The number of pyridine rings is 1. The number of nitrogens with zero attached hydrogens (tertiary/aromatic N) is 2. The van der Waals surface area contributed by atoms with Crippen molar-refractivity contribution in [2.45, 2.75) is 10.4 Å². The van der Waals surface area contributed by atoms with Gasteiger partial charge >= 0.3 is 11.5 Å². The van der Waals surface area contributed by atoms with Gasteiger partial charge in [-0.25, -0.2) is 14.1 Å². The molecule has 0 saturated heterocycles. The zero-order chi connectivity index (χ0) is 21.8. The van der Waals surface area contributed by atoms with Crippen molar-refractivity contribution in [1.29, 1.82) is 0 Å². The van der Waals surface area contributed by atoms with Crippen LogP contribution in [0.4, 0.5) is 28.0 Å². The summed E-state index contributed by atoms with van der Waals surface area (Å²) >= 11 is 11.3. The fourth-order valence-electron chi connectivity index (χ4n) is 2.07. The largest absolute Gasteiger partial charge is 0.446 e. The van der Waals surface area contributed by atoms with Crippen molar-refractivity contribution < 1.29 is 31.9 Å². The van der Waals surface area contributed by atoms with E-state index in [0.29, 0.717) is 11.0 Å². The number of anilines is 1. The van der Waals surface area contributed by atoms with E-state index in [0.717, 1.165) is 24.5 Å². The van der Waals surface area contributed by atoms with Crippen molar-refractivity contribution >= 4 is 52.6 Å². The van der Waals surface area contributed by atoms with Crippen LogP contribution in [0.3, 0.4) is 0 Å². The minimum Gasteiger partial charge on any atom is -0.364 e. The highest BCUT2D eigenvalue weighted by Crippen LogP contribution is 2.37. The van der Waals surface area contributed by atoms with Crippen LogP contribution < -0.4 is 5.32 Å². The van der Waals surface area contributed by atoms with Crippen LogP contribution in [0.1, 0.15) is 10.4 Å². The zero-order valence-electron chi connectivity index (χ0n) is 14.4. The van der Waals surface area contributed by atoms with E-state index in [1.54, 1.807) is 0 Å². The number of rotatable bonds is 5. The highest BCUT2D eigenvalue weighted by atomic mass is 35.5. The van der Waals surface area contributed by atoms with Crippen LogP contribution in [0.15, 0.2) is 35.5 Å². The first kappa shape index (κ1) is 23.2. The summed E-state index contributed by atoms with van der Waals surface area (Å²) in [6.07, 6.45) is 2.28. The lowest BCUT2D eigenvalue weighted by atomic mass is 10.2. The molecule has 0 fully saturated rings. The van der Waals surface area contributed by atoms with Crippen LogP contribution in [-0.4, -0.2) is 41.2 Å². The molecule has 0 aliphatic heterocycles.